The fourth-order valence-electron chi connectivity index (χ4n) is 1.75. The van der Waals surface area contributed by atoms with Crippen LogP contribution in [0.15, 0.2) is 4.99 Å². The standard InChI is InChI=1S/C9H12N2O6/c12-2-4-5(13)6(14)7(17-4)3-1-10-9(16)11-8(3)15/h1,3-7,12-14H,2H2,(H,11,15,16)/t3?,4-,5-,6-,7+/m1/s1/i3D. The van der Waals surface area contributed by atoms with Crippen LogP contribution in [0, 0.1) is 5.89 Å². The van der Waals surface area contributed by atoms with Crippen molar-refractivity contribution in [3.8, 4) is 0 Å². The number of hydrogen-bond acceptors (Lipinski definition) is 6. The molecule has 0 aromatic heterocycles. The van der Waals surface area contributed by atoms with Gasteiger partial charge in [0.05, 0.1) is 6.61 Å². The molecule has 0 spiro atoms. The minimum Gasteiger partial charge on any atom is -0.394 e. The highest BCUT2D eigenvalue weighted by molar-refractivity contribution is 6.09. The van der Waals surface area contributed by atoms with Crippen LogP contribution in [0.2, 0.25) is 0 Å². The Morgan fingerprint density at radius 3 is 2.71 bits per heavy atom. The Kier molecular flexibility index (Phi) is 2.85. The number of carbonyl (C=O) groups is 2. The fraction of sp³-hybridized carbons (Fsp3) is 0.667. The smallest absolute Gasteiger partial charge is 0.347 e. The van der Waals surface area contributed by atoms with Crippen LogP contribution < -0.4 is 5.32 Å². The molecule has 0 aromatic rings. The van der Waals surface area contributed by atoms with Crippen LogP contribution in [-0.2, 0) is 9.53 Å². The third kappa shape index (κ3) is 2.07. The van der Waals surface area contributed by atoms with Crippen LogP contribution in [-0.4, -0.2) is 64.5 Å². The van der Waals surface area contributed by atoms with E-state index in [1.165, 1.54) is 0 Å². The summed E-state index contributed by atoms with van der Waals surface area (Å²) in [5.41, 5.74) is 0. The zero-order chi connectivity index (χ0) is 13.5. The van der Waals surface area contributed by atoms with Gasteiger partial charge in [-0.15, -0.1) is 0 Å². The maximum absolute atomic E-state index is 11.6. The number of aliphatic hydroxyl groups is 3. The highest BCUT2D eigenvalue weighted by Gasteiger charge is 2.48. The Morgan fingerprint density at radius 2 is 2.18 bits per heavy atom. The van der Waals surface area contributed by atoms with Crippen molar-refractivity contribution in [3.63, 3.8) is 0 Å². The fourth-order valence-corrected chi connectivity index (χ4v) is 1.75. The molecule has 8 nitrogen and oxygen atoms in total. The van der Waals surface area contributed by atoms with Crippen LogP contribution in [0.5, 0.6) is 0 Å². The summed E-state index contributed by atoms with van der Waals surface area (Å²) in [6.45, 7) is -0.567. The summed E-state index contributed by atoms with van der Waals surface area (Å²) in [6.07, 6.45) is -4.70. The van der Waals surface area contributed by atoms with Gasteiger partial charge in [0.2, 0.25) is 5.91 Å². The minimum atomic E-state index is -2.13. The number of rotatable bonds is 2. The summed E-state index contributed by atoms with van der Waals surface area (Å²) in [4.78, 5) is 25.7. The minimum absolute atomic E-state index is 0.567. The van der Waals surface area contributed by atoms with Crippen molar-refractivity contribution in [1.29, 1.82) is 0 Å². The predicted molar refractivity (Wildman–Crippen MR) is 53.3 cm³/mol. The lowest BCUT2D eigenvalue weighted by molar-refractivity contribution is -0.127. The van der Waals surface area contributed by atoms with Crippen molar-refractivity contribution >= 4 is 18.2 Å². The summed E-state index contributed by atoms with van der Waals surface area (Å²) in [7, 11) is 0. The monoisotopic (exact) mass is 245 g/mol. The van der Waals surface area contributed by atoms with Gasteiger partial charge in [-0.25, -0.2) is 9.79 Å². The molecular weight excluding hydrogens is 232 g/mol. The van der Waals surface area contributed by atoms with Crippen LogP contribution in [0.1, 0.15) is 1.37 Å². The van der Waals surface area contributed by atoms with Crippen molar-refractivity contribution in [2.24, 2.45) is 10.9 Å². The van der Waals surface area contributed by atoms with Gasteiger partial charge in [-0.05, 0) is 0 Å². The van der Waals surface area contributed by atoms with E-state index in [2.05, 4.69) is 4.99 Å². The van der Waals surface area contributed by atoms with Crippen molar-refractivity contribution in [2.75, 3.05) is 6.61 Å². The molecule has 1 fully saturated rings. The number of hydrogen-bond donors (Lipinski definition) is 4. The summed E-state index contributed by atoms with van der Waals surface area (Å²) in [5, 5.41) is 30.0. The SMILES string of the molecule is [2H]C1([C@@H]2O[C@H](CO)[C@@H](O)[C@H]2O)C=NC(=O)NC1=O. The average Bonchev–Trinajstić information content (AvgIpc) is 2.62. The van der Waals surface area contributed by atoms with Crippen molar-refractivity contribution in [3.05, 3.63) is 0 Å². The quantitative estimate of drug-likeness (QED) is 0.422. The molecule has 0 aromatic carbocycles. The molecule has 0 saturated carbocycles. The first-order valence-electron chi connectivity index (χ1n) is 5.43. The van der Waals surface area contributed by atoms with Gasteiger partial charge in [0, 0.05) is 7.59 Å². The lowest BCUT2D eigenvalue weighted by atomic mass is 9.95. The van der Waals surface area contributed by atoms with E-state index in [0.717, 1.165) is 6.21 Å². The number of urea groups is 1. The van der Waals surface area contributed by atoms with E-state index in [4.69, 9.17) is 11.2 Å². The van der Waals surface area contributed by atoms with Gasteiger partial charge in [0.25, 0.3) is 0 Å². The van der Waals surface area contributed by atoms with Gasteiger partial charge in [0.1, 0.15) is 30.3 Å². The Balaban J connectivity index is 2.29. The second-order valence-electron chi connectivity index (χ2n) is 3.73. The normalized spacial score (nSPS) is 46.9. The van der Waals surface area contributed by atoms with Crippen LogP contribution in [0.4, 0.5) is 4.79 Å². The number of carbonyl (C=O) groups excluding carboxylic acids is 2. The maximum atomic E-state index is 11.6. The molecule has 2 aliphatic rings. The summed E-state index contributed by atoms with van der Waals surface area (Å²) in [6, 6.07) is -0.908. The van der Waals surface area contributed by atoms with Gasteiger partial charge in [0.15, 0.2) is 0 Å². The van der Waals surface area contributed by atoms with E-state index >= 15 is 0 Å². The molecule has 1 saturated heterocycles. The zero-order valence-corrected chi connectivity index (χ0v) is 8.61. The Hall–Kier alpha value is -1.35. The molecule has 17 heavy (non-hydrogen) atoms. The molecular formula is C9H12N2O6. The summed E-state index contributed by atoms with van der Waals surface area (Å²) >= 11 is 0. The molecule has 0 radical (unpaired) electrons. The van der Waals surface area contributed by atoms with Crippen LogP contribution in [0.3, 0.4) is 0 Å². The van der Waals surface area contributed by atoms with Gasteiger partial charge < -0.3 is 20.1 Å². The Labute approximate surface area is 97.3 Å². The second kappa shape index (κ2) is 4.49. The number of aliphatic imine (C=N–C) groups is 1. The molecule has 2 aliphatic heterocycles. The van der Waals surface area contributed by atoms with Gasteiger partial charge in [-0.1, -0.05) is 0 Å². The molecule has 5 atom stereocenters. The van der Waals surface area contributed by atoms with E-state index < -0.39 is 48.9 Å². The highest BCUT2D eigenvalue weighted by Crippen LogP contribution is 2.26. The van der Waals surface area contributed by atoms with Gasteiger partial charge >= 0.3 is 6.03 Å². The van der Waals surface area contributed by atoms with Crippen LogP contribution in [0.25, 0.3) is 0 Å². The Morgan fingerprint density at radius 1 is 1.47 bits per heavy atom. The molecule has 2 rings (SSSR count). The summed E-state index contributed by atoms with van der Waals surface area (Å²) in [5.74, 6) is -3.13. The topological polar surface area (TPSA) is 128 Å². The molecule has 3 amide bonds. The van der Waals surface area contributed by atoms with Gasteiger partial charge in [-0.2, -0.15) is 0 Å². The lowest BCUT2D eigenvalue weighted by Gasteiger charge is -2.23. The predicted octanol–water partition coefficient (Wildman–Crippen LogP) is -2.60. The number of nitrogens with zero attached hydrogens (tertiary/aromatic N) is 1. The number of aliphatic hydroxyl groups excluding tert-OH is 3. The molecule has 8 heteroatoms. The first-order chi connectivity index (χ1) is 8.40. The number of amides is 3. The zero-order valence-electron chi connectivity index (χ0n) is 9.61. The maximum Gasteiger partial charge on any atom is 0.347 e. The molecule has 1 unspecified atom stereocenters. The largest absolute Gasteiger partial charge is 0.394 e. The van der Waals surface area contributed by atoms with E-state index in [1.807, 2.05) is 5.32 Å². The third-order valence-electron chi connectivity index (χ3n) is 2.65. The van der Waals surface area contributed by atoms with E-state index in [1.54, 1.807) is 0 Å². The van der Waals surface area contributed by atoms with Crippen molar-refractivity contribution in [1.82, 2.24) is 5.32 Å². The molecule has 2 heterocycles. The second-order valence-corrected chi connectivity index (χ2v) is 3.73. The molecule has 0 bridgehead atoms. The Bertz CT molecular complexity index is 416. The van der Waals surface area contributed by atoms with Gasteiger partial charge in [-0.3, -0.25) is 10.1 Å². The summed E-state index contributed by atoms with van der Waals surface area (Å²) < 4.78 is 13.0. The van der Waals surface area contributed by atoms with E-state index in [0.29, 0.717) is 0 Å². The number of nitrogens with one attached hydrogen (secondary N) is 1. The van der Waals surface area contributed by atoms with Crippen molar-refractivity contribution in [2.45, 2.75) is 24.4 Å². The molecule has 4 N–H and O–H groups in total. The molecule has 0 aliphatic carbocycles. The van der Waals surface area contributed by atoms with Crippen LogP contribution >= 0.6 is 0 Å². The van der Waals surface area contributed by atoms with E-state index in [-0.39, 0.29) is 0 Å². The first kappa shape index (κ1) is 10.8. The number of imide groups is 1. The van der Waals surface area contributed by atoms with E-state index in [9.17, 15) is 19.8 Å². The first-order valence-corrected chi connectivity index (χ1v) is 4.93. The third-order valence-corrected chi connectivity index (χ3v) is 2.65. The molecule has 94 valence electrons. The lowest BCUT2D eigenvalue weighted by Crippen LogP contribution is -2.48. The highest BCUT2D eigenvalue weighted by atomic mass is 16.6. The number of ether oxygens (including phenoxy) is 1. The average molecular weight is 245 g/mol. The van der Waals surface area contributed by atoms with Crippen molar-refractivity contribution < 1.29 is 31.0 Å².